The molecule has 1 rings (SSSR count). The Balaban J connectivity index is 3.22. The van der Waals surface area contributed by atoms with Crippen molar-refractivity contribution < 1.29 is 0 Å². The van der Waals surface area contributed by atoms with E-state index in [2.05, 4.69) is 5.10 Å². The molecule has 0 aliphatic rings. The summed E-state index contributed by atoms with van der Waals surface area (Å²) in [6.45, 7) is 5.78. The molecular weight excluding hydrogens is 234 g/mol. The number of anilines is 1. The van der Waals surface area contributed by atoms with E-state index in [4.69, 9.17) is 5.73 Å². The Morgan fingerprint density at radius 1 is 1.39 bits per heavy atom. The average molecular weight is 255 g/mol. The number of aromatic nitrogens is 3. The van der Waals surface area contributed by atoms with Crippen LogP contribution in [0, 0.1) is 5.92 Å². The zero-order valence-corrected chi connectivity index (χ0v) is 11.4. The number of hydrogen-bond donors (Lipinski definition) is 1. The van der Waals surface area contributed by atoms with Crippen LogP contribution in [0.25, 0.3) is 0 Å². The van der Waals surface area contributed by atoms with Crippen LogP contribution in [0.5, 0.6) is 0 Å². The average Bonchev–Trinajstić information content (AvgIpc) is 2.37. The zero-order valence-electron chi connectivity index (χ0n) is 11.4. The van der Waals surface area contributed by atoms with Gasteiger partial charge in [-0.2, -0.15) is 0 Å². The molecule has 7 heteroatoms. The van der Waals surface area contributed by atoms with Crippen molar-refractivity contribution >= 4 is 5.82 Å². The lowest BCUT2D eigenvalue weighted by atomic mass is 10.2. The maximum atomic E-state index is 12.0. The van der Waals surface area contributed by atoms with E-state index in [0.29, 0.717) is 25.5 Å². The molecule has 0 bridgehead atoms. The normalized spacial score (nSPS) is 12.5. The van der Waals surface area contributed by atoms with E-state index < -0.39 is 5.69 Å². The molecule has 18 heavy (non-hydrogen) atoms. The molecular formula is C11H21N5O2. The second-order valence-electron chi connectivity index (χ2n) is 4.47. The molecule has 0 fully saturated rings. The van der Waals surface area contributed by atoms with E-state index in [-0.39, 0.29) is 11.5 Å². The minimum absolute atomic E-state index is 0.258. The fraction of sp³-hybridized carbons (Fsp3) is 0.727. The summed E-state index contributed by atoms with van der Waals surface area (Å²) in [5.41, 5.74) is 4.79. The van der Waals surface area contributed by atoms with Crippen LogP contribution in [-0.2, 0) is 14.1 Å². The fourth-order valence-electron chi connectivity index (χ4n) is 1.70. The quantitative estimate of drug-likeness (QED) is 0.722. The number of rotatable bonds is 5. The van der Waals surface area contributed by atoms with Gasteiger partial charge in [0.05, 0.1) is 0 Å². The van der Waals surface area contributed by atoms with Crippen molar-refractivity contribution in [2.24, 2.45) is 25.7 Å². The van der Waals surface area contributed by atoms with Gasteiger partial charge in [-0.15, -0.1) is 5.10 Å². The van der Waals surface area contributed by atoms with Gasteiger partial charge in [-0.1, -0.05) is 6.92 Å². The highest BCUT2D eigenvalue weighted by atomic mass is 16.2. The van der Waals surface area contributed by atoms with Crippen LogP contribution in [-0.4, -0.2) is 34.0 Å². The smallest absolute Gasteiger partial charge is 0.346 e. The largest absolute Gasteiger partial charge is 0.351 e. The molecule has 0 aromatic carbocycles. The highest BCUT2D eigenvalue weighted by Gasteiger charge is 2.16. The van der Waals surface area contributed by atoms with Crippen molar-refractivity contribution in [3.63, 3.8) is 0 Å². The van der Waals surface area contributed by atoms with E-state index in [1.165, 1.54) is 18.8 Å². The number of aryl methyl sites for hydroxylation is 1. The van der Waals surface area contributed by atoms with Crippen LogP contribution in [0.1, 0.15) is 13.8 Å². The van der Waals surface area contributed by atoms with Gasteiger partial charge >= 0.3 is 5.69 Å². The minimum Gasteiger partial charge on any atom is -0.351 e. The SMILES string of the molecule is CCN(CC(C)CN)c1nn(C)c(=O)n(C)c1=O. The molecule has 1 unspecified atom stereocenters. The predicted octanol–water partition coefficient (Wildman–Crippen LogP) is -1.10. The molecule has 1 atom stereocenters. The standard InChI is InChI=1S/C11H21N5O2/c1-5-16(7-8(2)6-12)9-10(17)14(3)11(18)15(4)13-9/h8H,5-7,12H2,1-4H3. The van der Waals surface area contributed by atoms with E-state index in [1.807, 2.05) is 18.7 Å². The third-order valence-corrected chi connectivity index (χ3v) is 2.92. The lowest BCUT2D eigenvalue weighted by Crippen LogP contribution is -2.44. The molecule has 2 N–H and O–H groups in total. The van der Waals surface area contributed by atoms with Crippen LogP contribution in [0.4, 0.5) is 5.82 Å². The topological polar surface area (TPSA) is 86.2 Å². The third-order valence-electron chi connectivity index (χ3n) is 2.92. The Labute approximate surface area is 106 Å². The van der Waals surface area contributed by atoms with E-state index >= 15 is 0 Å². The molecule has 7 nitrogen and oxygen atoms in total. The molecule has 0 aliphatic heterocycles. The first-order chi connectivity index (χ1) is 8.42. The lowest BCUT2D eigenvalue weighted by Gasteiger charge is -2.24. The van der Waals surface area contributed by atoms with E-state index in [9.17, 15) is 9.59 Å². The van der Waals surface area contributed by atoms with Crippen molar-refractivity contribution in [3.05, 3.63) is 20.8 Å². The van der Waals surface area contributed by atoms with Crippen LogP contribution in [0.2, 0.25) is 0 Å². The van der Waals surface area contributed by atoms with Gasteiger partial charge in [0.25, 0.3) is 5.56 Å². The van der Waals surface area contributed by atoms with Crippen molar-refractivity contribution in [2.45, 2.75) is 13.8 Å². The van der Waals surface area contributed by atoms with Crippen LogP contribution >= 0.6 is 0 Å². The molecule has 0 aliphatic carbocycles. The van der Waals surface area contributed by atoms with Crippen LogP contribution in [0.15, 0.2) is 9.59 Å². The minimum atomic E-state index is -0.424. The Bertz CT molecular complexity index is 519. The van der Waals surface area contributed by atoms with E-state index in [0.717, 1.165) is 4.57 Å². The highest BCUT2D eigenvalue weighted by molar-refractivity contribution is 5.34. The first-order valence-electron chi connectivity index (χ1n) is 6.01. The van der Waals surface area contributed by atoms with Gasteiger partial charge in [-0.3, -0.25) is 9.36 Å². The molecule has 0 saturated carbocycles. The summed E-state index contributed by atoms with van der Waals surface area (Å²) in [7, 11) is 2.99. The van der Waals surface area contributed by atoms with Gasteiger partial charge in [-0.25, -0.2) is 9.48 Å². The maximum absolute atomic E-state index is 12.0. The zero-order chi connectivity index (χ0) is 13.9. The first kappa shape index (κ1) is 14.4. The van der Waals surface area contributed by atoms with Crippen LogP contribution < -0.4 is 21.9 Å². The molecule has 0 saturated heterocycles. The van der Waals surface area contributed by atoms with Crippen molar-refractivity contribution in [1.29, 1.82) is 0 Å². The highest BCUT2D eigenvalue weighted by Crippen LogP contribution is 2.05. The van der Waals surface area contributed by atoms with Crippen LogP contribution in [0.3, 0.4) is 0 Å². The van der Waals surface area contributed by atoms with Gasteiger partial charge in [0.2, 0.25) is 5.82 Å². The van der Waals surface area contributed by atoms with Gasteiger partial charge in [0.15, 0.2) is 0 Å². The fourth-order valence-corrected chi connectivity index (χ4v) is 1.70. The monoisotopic (exact) mass is 255 g/mol. The Kier molecular flexibility index (Phi) is 4.66. The summed E-state index contributed by atoms with van der Waals surface area (Å²) in [6.07, 6.45) is 0. The third kappa shape index (κ3) is 2.79. The second-order valence-corrected chi connectivity index (χ2v) is 4.47. The first-order valence-corrected chi connectivity index (χ1v) is 6.01. The Morgan fingerprint density at radius 2 is 2.00 bits per heavy atom. The summed E-state index contributed by atoms with van der Waals surface area (Å²) in [4.78, 5) is 25.4. The van der Waals surface area contributed by atoms with Gasteiger partial charge in [-0.05, 0) is 19.4 Å². The lowest BCUT2D eigenvalue weighted by molar-refractivity contribution is 0.546. The molecule has 1 aromatic heterocycles. The number of nitrogens with zero attached hydrogens (tertiary/aromatic N) is 4. The Hall–Kier alpha value is -1.63. The molecule has 0 radical (unpaired) electrons. The number of nitrogens with two attached hydrogens (primary N) is 1. The summed E-state index contributed by atoms with van der Waals surface area (Å²) in [5, 5.41) is 4.05. The Morgan fingerprint density at radius 3 is 2.50 bits per heavy atom. The van der Waals surface area contributed by atoms with Crippen molar-refractivity contribution in [3.8, 4) is 0 Å². The summed E-state index contributed by atoms with van der Waals surface area (Å²) in [5.74, 6) is 0.552. The van der Waals surface area contributed by atoms with E-state index in [1.54, 1.807) is 0 Å². The van der Waals surface area contributed by atoms with Crippen molar-refractivity contribution in [1.82, 2.24) is 14.3 Å². The molecule has 0 amide bonds. The van der Waals surface area contributed by atoms with Gasteiger partial charge < -0.3 is 10.6 Å². The number of hydrogen-bond acceptors (Lipinski definition) is 5. The summed E-state index contributed by atoms with van der Waals surface area (Å²) < 4.78 is 2.24. The molecule has 102 valence electrons. The predicted molar refractivity (Wildman–Crippen MR) is 70.8 cm³/mol. The van der Waals surface area contributed by atoms with Crippen molar-refractivity contribution in [2.75, 3.05) is 24.5 Å². The van der Waals surface area contributed by atoms with Gasteiger partial charge in [0, 0.05) is 27.2 Å². The molecule has 0 spiro atoms. The van der Waals surface area contributed by atoms with Gasteiger partial charge in [0.1, 0.15) is 0 Å². The summed E-state index contributed by atoms with van der Waals surface area (Å²) >= 11 is 0. The maximum Gasteiger partial charge on any atom is 0.346 e. The molecule has 1 aromatic rings. The second kappa shape index (κ2) is 5.81. The molecule has 1 heterocycles. The summed E-state index contributed by atoms with van der Waals surface area (Å²) in [6, 6.07) is 0.